The third-order valence-electron chi connectivity index (χ3n) is 3.82. The molecule has 4 rings (SSSR count). The monoisotopic (exact) mass is 225 g/mol. The predicted octanol–water partition coefficient (Wildman–Crippen LogP) is 2.84. The van der Waals surface area contributed by atoms with E-state index in [1.165, 1.54) is 43.2 Å². The van der Waals surface area contributed by atoms with Gasteiger partial charge >= 0.3 is 0 Å². The van der Waals surface area contributed by atoms with Crippen molar-refractivity contribution in [1.82, 2.24) is 15.2 Å². The fraction of sp³-hybridized carbons (Fsp3) is 0.429. The van der Waals surface area contributed by atoms with Crippen molar-refractivity contribution in [3.8, 4) is 11.4 Å². The lowest BCUT2D eigenvalue weighted by atomic mass is 10.1. The summed E-state index contributed by atoms with van der Waals surface area (Å²) >= 11 is 0. The van der Waals surface area contributed by atoms with E-state index in [2.05, 4.69) is 33.4 Å². The highest BCUT2D eigenvalue weighted by Crippen LogP contribution is 2.38. The van der Waals surface area contributed by atoms with Crippen LogP contribution in [0.5, 0.6) is 0 Å². The van der Waals surface area contributed by atoms with Gasteiger partial charge in [0.2, 0.25) is 0 Å². The van der Waals surface area contributed by atoms with E-state index >= 15 is 0 Å². The molecule has 1 saturated carbocycles. The Kier molecular flexibility index (Phi) is 1.89. The zero-order valence-corrected chi connectivity index (χ0v) is 9.74. The molecule has 1 fully saturated rings. The van der Waals surface area contributed by atoms with E-state index in [-0.39, 0.29) is 0 Å². The zero-order chi connectivity index (χ0) is 11.2. The van der Waals surface area contributed by atoms with E-state index in [0.717, 1.165) is 17.2 Å². The maximum atomic E-state index is 4.60. The topological polar surface area (TPSA) is 41.6 Å². The Labute approximate surface area is 100 Å². The van der Waals surface area contributed by atoms with Crippen LogP contribution in [0, 0.1) is 0 Å². The quantitative estimate of drug-likeness (QED) is 0.853. The molecule has 1 N–H and O–H groups in total. The van der Waals surface area contributed by atoms with Crippen molar-refractivity contribution in [3.63, 3.8) is 0 Å². The Hall–Kier alpha value is -1.64. The fourth-order valence-corrected chi connectivity index (χ4v) is 2.65. The molecule has 0 unspecified atom stereocenters. The first-order valence-electron chi connectivity index (χ1n) is 6.44. The van der Waals surface area contributed by atoms with Crippen molar-refractivity contribution in [3.05, 3.63) is 35.2 Å². The summed E-state index contributed by atoms with van der Waals surface area (Å²) < 4.78 is 0. The second kappa shape index (κ2) is 3.42. The molecule has 2 aromatic rings. The molecule has 1 aromatic carbocycles. The van der Waals surface area contributed by atoms with Gasteiger partial charge in [0.25, 0.3) is 0 Å². The lowest BCUT2D eigenvalue weighted by Gasteiger charge is -2.00. The Morgan fingerprint density at radius 3 is 2.88 bits per heavy atom. The van der Waals surface area contributed by atoms with Crippen molar-refractivity contribution in [2.24, 2.45) is 0 Å². The number of hydrogen-bond donors (Lipinski definition) is 1. The summed E-state index contributed by atoms with van der Waals surface area (Å²) in [5.74, 6) is 2.58. The van der Waals surface area contributed by atoms with Crippen LogP contribution in [0.3, 0.4) is 0 Å². The van der Waals surface area contributed by atoms with Crippen molar-refractivity contribution < 1.29 is 0 Å². The molecule has 0 atom stereocenters. The smallest absolute Gasteiger partial charge is 0.181 e. The molecule has 2 aliphatic rings. The van der Waals surface area contributed by atoms with Gasteiger partial charge in [-0.15, -0.1) is 0 Å². The molecule has 86 valence electrons. The van der Waals surface area contributed by atoms with Gasteiger partial charge in [-0.25, -0.2) is 4.98 Å². The summed E-state index contributed by atoms with van der Waals surface area (Å²) in [6.07, 6.45) is 6.26. The molecule has 0 spiro atoms. The highest BCUT2D eigenvalue weighted by molar-refractivity contribution is 5.58. The maximum absolute atomic E-state index is 4.60. The highest BCUT2D eigenvalue weighted by Gasteiger charge is 2.27. The third kappa shape index (κ3) is 1.57. The number of hydrogen-bond acceptors (Lipinski definition) is 2. The number of nitrogens with zero attached hydrogens (tertiary/aromatic N) is 2. The van der Waals surface area contributed by atoms with E-state index in [4.69, 9.17) is 0 Å². The molecule has 3 nitrogen and oxygen atoms in total. The second-order valence-electron chi connectivity index (χ2n) is 5.16. The molecule has 0 aliphatic heterocycles. The van der Waals surface area contributed by atoms with Crippen molar-refractivity contribution in [2.45, 2.75) is 38.0 Å². The van der Waals surface area contributed by atoms with Crippen LogP contribution < -0.4 is 0 Å². The average molecular weight is 225 g/mol. The molecule has 1 heterocycles. The van der Waals surface area contributed by atoms with Gasteiger partial charge in [0.05, 0.1) is 0 Å². The summed E-state index contributed by atoms with van der Waals surface area (Å²) in [7, 11) is 0. The first-order valence-corrected chi connectivity index (χ1v) is 6.44. The van der Waals surface area contributed by atoms with E-state index < -0.39 is 0 Å². The number of rotatable bonds is 2. The lowest BCUT2D eigenvalue weighted by molar-refractivity contribution is 0.912. The molecular weight excluding hydrogens is 210 g/mol. The van der Waals surface area contributed by atoms with Crippen molar-refractivity contribution in [2.75, 3.05) is 0 Å². The normalized spacial score (nSPS) is 18.4. The second-order valence-corrected chi connectivity index (χ2v) is 5.16. The Balaban J connectivity index is 1.72. The van der Waals surface area contributed by atoms with Crippen LogP contribution in [-0.2, 0) is 12.8 Å². The van der Waals surface area contributed by atoms with Crippen molar-refractivity contribution >= 4 is 0 Å². The van der Waals surface area contributed by atoms with Crippen molar-refractivity contribution in [1.29, 1.82) is 0 Å². The van der Waals surface area contributed by atoms with Crippen LogP contribution in [0.4, 0.5) is 0 Å². The van der Waals surface area contributed by atoms with Gasteiger partial charge in [-0.2, -0.15) is 5.10 Å². The van der Waals surface area contributed by atoms with E-state index in [9.17, 15) is 0 Å². The van der Waals surface area contributed by atoms with E-state index in [1.807, 2.05) is 0 Å². The zero-order valence-electron chi connectivity index (χ0n) is 9.74. The minimum atomic E-state index is 0.644. The molecule has 0 radical (unpaired) electrons. The highest BCUT2D eigenvalue weighted by atomic mass is 15.2. The minimum Gasteiger partial charge on any atom is -0.262 e. The SMILES string of the molecule is c1cc2c(cc1-c1n[nH]c(C3CC3)n1)CCC2. The number of aryl methyl sites for hydroxylation is 2. The van der Waals surface area contributed by atoms with Gasteiger partial charge in [-0.3, -0.25) is 5.10 Å². The van der Waals surface area contributed by atoms with E-state index in [0.29, 0.717) is 5.92 Å². The lowest BCUT2D eigenvalue weighted by Crippen LogP contribution is -1.86. The van der Waals surface area contributed by atoms with E-state index in [1.54, 1.807) is 0 Å². The Morgan fingerprint density at radius 2 is 2.00 bits per heavy atom. The van der Waals surface area contributed by atoms with Gasteiger partial charge < -0.3 is 0 Å². The maximum Gasteiger partial charge on any atom is 0.181 e. The Morgan fingerprint density at radius 1 is 1.12 bits per heavy atom. The average Bonchev–Trinajstić information content (AvgIpc) is 2.93. The number of fused-ring (bicyclic) bond motifs is 1. The summed E-state index contributed by atoms with van der Waals surface area (Å²) in [5, 5.41) is 7.41. The van der Waals surface area contributed by atoms with Crippen LogP contribution in [-0.4, -0.2) is 15.2 Å². The first-order chi connectivity index (χ1) is 8.40. The fourth-order valence-electron chi connectivity index (χ4n) is 2.65. The van der Waals surface area contributed by atoms with Crippen LogP contribution in [0.15, 0.2) is 18.2 Å². The largest absolute Gasteiger partial charge is 0.262 e. The molecule has 2 aliphatic carbocycles. The molecule has 3 heteroatoms. The van der Waals surface area contributed by atoms with Gasteiger partial charge in [-0.1, -0.05) is 12.1 Å². The van der Waals surface area contributed by atoms with Gasteiger partial charge in [0.15, 0.2) is 5.82 Å². The number of benzene rings is 1. The molecular formula is C14H15N3. The predicted molar refractivity (Wildman–Crippen MR) is 65.8 cm³/mol. The van der Waals surface area contributed by atoms with Gasteiger partial charge in [0.1, 0.15) is 5.82 Å². The number of aromatic nitrogens is 3. The Bertz CT molecular complexity index is 567. The molecule has 1 aromatic heterocycles. The minimum absolute atomic E-state index is 0.644. The van der Waals surface area contributed by atoms with Gasteiger partial charge in [-0.05, 0) is 49.3 Å². The molecule has 0 amide bonds. The van der Waals surface area contributed by atoms with Crippen LogP contribution in [0.2, 0.25) is 0 Å². The summed E-state index contributed by atoms with van der Waals surface area (Å²) in [6, 6.07) is 6.66. The first kappa shape index (κ1) is 9.40. The van der Waals surface area contributed by atoms with Gasteiger partial charge in [0, 0.05) is 11.5 Å². The molecule has 17 heavy (non-hydrogen) atoms. The number of nitrogens with one attached hydrogen (secondary N) is 1. The summed E-state index contributed by atoms with van der Waals surface area (Å²) in [5.41, 5.74) is 4.15. The van der Waals surface area contributed by atoms with Crippen LogP contribution in [0.25, 0.3) is 11.4 Å². The van der Waals surface area contributed by atoms with Crippen LogP contribution in [0.1, 0.15) is 42.1 Å². The number of H-pyrrole nitrogens is 1. The standard InChI is InChI=1S/C14H15N3/c1-2-9-4-7-12(8-11(9)3-1)14-15-13(16-17-14)10-5-6-10/h4,7-8,10H,1-3,5-6H2,(H,15,16,17). The molecule has 0 bridgehead atoms. The summed E-state index contributed by atoms with van der Waals surface area (Å²) in [4.78, 5) is 4.60. The third-order valence-corrected chi connectivity index (χ3v) is 3.82. The summed E-state index contributed by atoms with van der Waals surface area (Å²) in [6.45, 7) is 0. The number of aromatic amines is 1. The van der Waals surface area contributed by atoms with Crippen LogP contribution >= 0.6 is 0 Å². The molecule has 0 saturated heterocycles.